The van der Waals surface area contributed by atoms with Crippen molar-refractivity contribution in [2.75, 3.05) is 4.90 Å². The van der Waals surface area contributed by atoms with Crippen LogP contribution in [0.4, 0.5) is 15.8 Å². The predicted octanol–water partition coefficient (Wildman–Crippen LogP) is 3.96. The van der Waals surface area contributed by atoms with E-state index in [9.17, 15) is 9.18 Å². The second kappa shape index (κ2) is 4.67. The summed E-state index contributed by atoms with van der Waals surface area (Å²) in [6, 6.07) is 11.8. The Morgan fingerprint density at radius 3 is 2.55 bits per heavy atom. The number of benzene rings is 2. The molecular formula is C18H15FN2O. The smallest absolute Gasteiger partial charge is 0.241 e. The first kappa shape index (κ1) is 14.3. The van der Waals surface area contributed by atoms with E-state index >= 15 is 0 Å². The topological polar surface area (TPSA) is 44.1 Å². The summed E-state index contributed by atoms with van der Waals surface area (Å²) in [4.78, 5) is 14.3. The lowest BCUT2D eigenvalue weighted by Gasteiger charge is -2.20. The monoisotopic (exact) mass is 294 g/mol. The van der Waals surface area contributed by atoms with E-state index in [1.807, 2.05) is 39.0 Å². The predicted molar refractivity (Wildman–Crippen MR) is 82.5 cm³/mol. The maximum absolute atomic E-state index is 13.9. The molecule has 0 unspecified atom stereocenters. The summed E-state index contributed by atoms with van der Waals surface area (Å²) >= 11 is 0. The number of rotatable bonds is 1. The van der Waals surface area contributed by atoms with Crippen molar-refractivity contribution in [2.45, 2.75) is 26.2 Å². The maximum Gasteiger partial charge on any atom is 0.241 e. The van der Waals surface area contributed by atoms with Gasteiger partial charge in [0.1, 0.15) is 11.9 Å². The van der Waals surface area contributed by atoms with Crippen LogP contribution in [0.5, 0.6) is 0 Å². The molecule has 4 heteroatoms. The van der Waals surface area contributed by atoms with Crippen molar-refractivity contribution in [1.29, 1.82) is 5.26 Å². The zero-order valence-corrected chi connectivity index (χ0v) is 12.6. The molecule has 1 heterocycles. The molecule has 0 fully saturated rings. The summed E-state index contributed by atoms with van der Waals surface area (Å²) in [7, 11) is 0. The van der Waals surface area contributed by atoms with Crippen molar-refractivity contribution < 1.29 is 9.18 Å². The summed E-state index contributed by atoms with van der Waals surface area (Å²) in [5.41, 5.74) is 2.53. The van der Waals surface area contributed by atoms with Crippen LogP contribution in [0.1, 0.15) is 30.5 Å². The molecule has 1 aliphatic rings. The number of amides is 1. The van der Waals surface area contributed by atoms with Gasteiger partial charge in [0, 0.05) is 0 Å². The molecule has 0 radical (unpaired) electrons. The third kappa shape index (κ3) is 1.90. The van der Waals surface area contributed by atoms with E-state index in [0.717, 1.165) is 16.8 Å². The van der Waals surface area contributed by atoms with E-state index in [2.05, 4.69) is 0 Å². The number of carbonyl (C=O) groups is 1. The molecule has 0 spiro atoms. The third-order valence-electron chi connectivity index (χ3n) is 4.14. The van der Waals surface area contributed by atoms with E-state index in [0.29, 0.717) is 5.69 Å². The summed E-state index contributed by atoms with van der Waals surface area (Å²) < 4.78 is 13.9. The molecule has 0 saturated heterocycles. The average Bonchev–Trinajstić information content (AvgIpc) is 2.67. The molecule has 0 aromatic heterocycles. The van der Waals surface area contributed by atoms with Crippen LogP contribution < -0.4 is 4.90 Å². The third-order valence-corrected chi connectivity index (χ3v) is 4.14. The fourth-order valence-electron chi connectivity index (χ4n) is 2.84. The molecule has 0 aliphatic carbocycles. The summed E-state index contributed by atoms with van der Waals surface area (Å²) in [6.45, 7) is 5.71. The van der Waals surface area contributed by atoms with Gasteiger partial charge in [0.05, 0.1) is 22.4 Å². The van der Waals surface area contributed by atoms with Gasteiger partial charge in [-0.1, -0.05) is 17.7 Å². The molecule has 22 heavy (non-hydrogen) atoms. The number of nitrogens with zero attached hydrogens (tertiary/aromatic N) is 2. The molecule has 0 N–H and O–H groups in total. The van der Waals surface area contributed by atoms with Gasteiger partial charge in [-0.15, -0.1) is 0 Å². The fourth-order valence-corrected chi connectivity index (χ4v) is 2.84. The highest BCUT2D eigenvalue weighted by molar-refractivity contribution is 6.12. The fraction of sp³-hybridized carbons (Fsp3) is 0.222. The molecule has 3 rings (SSSR count). The van der Waals surface area contributed by atoms with Gasteiger partial charge >= 0.3 is 0 Å². The molecule has 0 saturated carbocycles. The van der Waals surface area contributed by atoms with Crippen LogP contribution in [0.3, 0.4) is 0 Å². The van der Waals surface area contributed by atoms with Crippen LogP contribution in [0.2, 0.25) is 0 Å². The SMILES string of the molecule is Cc1ccc2c(c1)C(C)(C)C(=O)N2c1ccc(C#N)c(F)c1. The number of fused-ring (bicyclic) bond motifs is 1. The van der Waals surface area contributed by atoms with Gasteiger partial charge in [-0.2, -0.15) is 5.26 Å². The van der Waals surface area contributed by atoms with E-state index in [4.69, 9.17) is 5.26 Å². The Kier molecular flexibility index (Phi) is 3.03. The minimum atomic E-state index is -0.661. The van der Waals surface area contributed by atoms with Gasteiger partial charge in [-0.25, -0.2) is 4.39 Å². The number of anilines is 2. The first-order valence-electron chi connectivity index (χ1n) is 7.01. The summed E-state index contributed by atoms with van der Waals surface area (Å²) in [5.74, 6) is -0.719. The Labute approximate surface area is 128 Å². The largest absolute Gasteiger partial charge is 0.280 e. The maximum atomic E-state index is 13.9. The number of nitriles is 1. The lowest BCUT2D eigenvalue weighted by Crippen LogP contribution is -2.33. The van der Waals surface area contributed by atoms with Crippen molar-refractivity contribution in [3.05, 3.63) is 58.9 Å². The van der Waals surface area contributed by atoms with Crippen LogP contribution >= 0.6 is 0 Å². The van der Waals surface area contributed by atoms with Crippen molar-refractivity contribution >= 4 is 17.3 Å². The van der Waals surface area contributed by atoms with Gasteiger partial charge < -0.3 is 0 Å². The van der Waals surface area contributed by atoms with Crippen LogP contribution in [-0.4, -0.2) is 5.91 Å². The Morgan fingerprint density at radius 2 is 1.91 bits per heavy atom. The van der Waals surface area contributed by atoms with Crippen molar-refractivity contribution in [3.8, 4) is 6.07 Å². The highest BCUT2D eigenvalue weighted by Gasteiger charge is 2.44. The van der Waals surface area contributed by atoms with E-state index in [1.165, 1.54) is 17.0 Å². The van der Waals surface area contributed by atoms with Gasteiger partial charge in [-0.05, 0) is 50.6 Å². The number of hydrogen-bond donors (Lipinski definition) is 0. The molecule has 1 amide bonds. The van der Waals surface area contributed by atoms with Crippen LogP contribution in [-0.2, 0) is 10.2 Å². The second-order valence-electron chi connectivity index (χ2n) is 6.06. The van der Waals surface area contributed by atoms with Gasteiger partial charge in [0.2, 0.25) is 5.91 Å². The van der Waals surface area contributed by atoms with Crippen LogP contribution in [0.15, 0.2) is 36.4 Å². The molecule has 0 atom stereocenters. The minimum Gasteiger partial charge on any atom is -0.280 e. The molecular weight excluding hydrogens is 279 g/mol. The van der Waals surface area contributed by atoms with Crippen LogP contribution in [0, 0.1) is 24.1 Å². The quantitative estimate of drug-likeness (QED) is 0.799. The average molecular weight is 294 g/mol. The summed E-state index contributed by atoms with van der Waals surface area (Å²) in [5, 5.41) is 8.83. The highest BCUT2D eigenvalue weighted by Crippen LogP contribution is 2.45. The highest BCUT2D eigenvalue weighted by atomic mass is 19.1. The molecule has 110 valence electrons. The normalized spacial score (nSPS) is 15.6. The standard InChI is InChI=1S/C18H15FN2O/c1-11-4-7-16-14(8-11)18(2,3)17(22)21(16)13-6-5-12(10-20)15(19)9-13/h4-9H,1-3H3. The first-order chi connectivity index (χ1) is 10.4. The van der Waals surface area contributed by atoms with Crippen LogP contribution in [0.25, 0.3) is 0 Å². The Bertz CT molecular complexity index is 833. The molecule has 2 aromatic rings. The summed E-state index contributed by atoms with van der Waals surface area (Å²) in [6.07, 6.45) is 0. The van der Waals surface area contributed by atoms with E-state index < -0.39 is 11.2 Å². The minimum absolute atomic E-state index is 0.0289. The van der Waals surface area contributed by atoms with Gasteiger partial charge in [-0.3, -0.25) is 9.69 Å². The first-order valence-corrected chi connectivity index (χ1v) is 7.01. The molecule has 3 nitrogen and oxygen atoms in total. The number of carbonyl (C=O) groups excluding carboxylic acids is 1. The molecule has 0 bridgehead atoms. The molecule has 2 aromatic carbocycles. The van der Waals surface area contributed by atoms with Crippen molar-refractivity contribution in [2.24, 2.45) is 0 Å². The number of aryl methyl sites for hydroxylation is 1. The Hall–Kier alpha value is -2.67. The van der Waals surface area contributed by atoms with E-state index in [1.54, 1.807) is 12.1 Å². The second-order valence-corrected chi connectivity index (χ2v) is 6.06. The van der Waals surface area contributed by atoms with Gasteiger partial charge in [0.15, 0.2) is 0 Å². The van der Waals surface area contributed by atoms with Gasteiger partial charge in [0.25, 0.3) is 0 Å². The van der Waals surface area contributed by atoms with E-state index in [-0.39, 0.29) is 11.5 Å². The van der Waals surface area contributed by atoms with Crippen molar-refractivity contribution in [3.63, 3.8) is 0 Å². The Morgan fingerprint density at radius 1 is 1.18 bits per heavy atom. The lowest BCUT2D eigenvalue weighted by atomic mass is 9.85. The lowest BCUT2D eigenvalue weighted by molar-refractivity contribution is -0.121. The number of hydrogen-bond acceptors (Lipinski definition) is 2. The molecule has 1 aliphatic heterocycles. The van der Waals surface area contributed by atoms with Crippen molar-refractivity contribution in [1.82, 2.24) is 0 Å². The zero-order valence-electron chi connectivity index (χ0n) is 12.6. The Balaban J connectivity index is 2.19. The number of halogens is 1. The zero-order chi connectivity index (χ0) is 16.1.